The van der Waals surface area contributed by atoms with Gasteiger partial charge < -0.3 is 14.4 Å². The predicted octanol–water partition coefficient (Wildman–Crippen LogP) is 1.89. The Morgan fingerprint density at radius 3 is 2.71 bits per heavy atom. The second-order valence-electron chi connectivity index (χ2n) is 6.89. The Kier molecular flexibility index (Phi) is 6.83. The molecule has 2 rings (SSSR count). The first kappa shape index (κ1) is 18.5. The van der Waals surface area contributed by atoms with Crippen LogP contribution in [0.5, 0.6) is 0 Å². The van der Waals surface area contributed by atoms with Crippen molar-refractivity contribution in [1.29, 1.82) is 5.26 Å². The monoisotopic (exact) mass is 333 g/mol. The van der Waals surface area contributed by atoms with Gasteiger partial charge in [-0.1, -0.05) is 13.8 Å². The molecule has 1 fully saturated rings. The van der Waals surface area contributed by atoms with E-state index >= 15 is 0 Å². The molecule has 132 valence electrons. The third-order valence-electron chi connectivity index (χ3n) is 4.48. The summed E-state index contributed by atoms with van der Waals surface area (Å²) in [4.78, 5) is 14.7. The summed E-state index contributed by atoms with van der Waals surface area (Å²) in [6.45, 7) is 6.24. The molecule has 24 heavy (non-hydrogen) atoms. The van der Waals surface area contributed by atoms with Crippen LogP contribution in [0.4, 0.5) is 0 Å². The number of nitrogens with zero attached hydrogens (tertiary/aromatic N) is 2. The molecule has 6 heteroatoms. The van der Waals surface area contributed by atoms with Gasteiger partial charge >= 0.3 is 0 Å². The molecule has 1 saturated heterocycles. The van der Waals surface area contributed by atoms with Crippen molar-refractivity contribution in [2.75, 3.05) is 19.7 Å². The lowest BCUT2D eigenvalue weighted by atomic mass is 9.96. The second-order valence-corrected chi connectivity index (χ2v) is 6.89. The largest absolute Gasteiger partial charge is 0.449 e. The van der Waals surface area contributed by atoms with E-state index in [-0.39, 0.29) is 24.3 Å². The van der Waals surface area contributed by atoms with Gasteiger partial charge in [0.25, 0.3) is 0 Å². The van der Waals surface area contributed by atoms with Crippen molar-refractivity contribution in [3.8, 4) is 6.07 Å². The molecule has 1 aliphatic heterocycles. The Balaban J connectivity index is 1.94. The van der Waals surface area contributed by atoms with E-state index < -0.39 is 0 Å². The lowest BCUT2D eigenvalue weighted by Gasteiger charge is -2.34. The molecule has 0 bridgehead atoms. The number of carbonyl (C=O) groups excluding carboxylic acids is 1. The van der Waals surface area contributed by atoms with Gasteiger partial charge in [-0.15, -0.1) is 0 Å². The zero-order valence-electron chi connectivity index (χ0n) is 14.5. The molecule has 1 amide bonds. The number of furan rings is 1. The molecule has 1 atom stereocenters. The van der Waals surface area contributed by atoms with Crippen LogP contribution in [0.3, 0.4) is 0 Å². The fraction of sp³-hybridized carbons (Fsp3) is 0.667. The highest BCUT2D eigenvalue weighted by Crippen LogP contribution is 2.19. The summed E-state index contributed by atoms with van der Waals surface area (Å²) in [6.07, 6.45) is 2.48. The standard InChI is InChI=1S/C18H27N3O3/c1-13(2)9-17(20-11-16-4-3-15(10-19)24-16)18(23)21-7-5-14(12-22)6-8-21/h3-4,13-14,17,20,22H,5-9,11-12H2,1-2H3. The maximum absolute atomic E-state index is 12.8. The molecule has 6 nitrogen and oxygen atoms in total. The molecule has 1 aliphatic rings. The minimum Gasteiger partial charge on any atom is -0.449 e. The highest BCUT2D eigenvalue weighted by molar-refractivity contribution is 5.82. The Morgan fingerprint density at radius 1 is 1.46 bits per heavy atom. The van der Waals surface area contributed by atoms with Gasteiger partial charge in [-0.2, -0.15) is 5.26 Å². The number of hydrogen-bond acceptors (Lipinski definition) is 5. The van der Waals surface area contributed by atoms with Crippen LogP contribution in [-0.2, 0) is 11.3 Å². The summed E-state index contributed by atoms with van der Waals surface area (Å²) in [5.74, 6) is 1.77. The summed E-state index contributed by atoms with van der Waals surface area (Å²) in [7, 11) is 0. The molecule has 2 heterocycles. The van der Waals surface area contributed by atoms with Crippen molar-refractivity contribution >= 4 is 5.91 Å². The van der Waals surface area contributed by atoms with E-state index in [0.29, 0.717) is 37.2 Å². The topological polar surface area (TPSA) is 89.5 Å². The first-order chi connectivity index (χ1) is 11.5. The molecule has 0 saturated carbocycles. The van der Waals surface area contributed by atoms with Crippen LogP contribution in [0.15, 0.2) is 16.5 Å². The van der Waals surface area contributed by atoms with Gasteiger partial charge in [-0.25, -0.2) is 0 Å². The molecule has 1 aromatic heterocycles. The van der Waals surface area contributed by atoms with Gasteiger partial charge in [0.2, 0.25) is 11.7 Å². The van der Waals surface area contributed by atoms with Crippen molar-refractivity contribution < 1.29 is 14.3 Å². The number of rotatable bonds is 7. The third-order valence-corrected chi connectivity index (χ3v) is 4.48. The fourth-order valence-electron chi connectivity index (χ4n) is 3.06. The molecule has 0 radical (unpaired) electrons. The van der Waals surface area contributed by atoms with Crippen LogP contribution < -0.4 is 5.32 Å². The van der Waals surface area contributed by atoms with Crippen LogP contribution in [0, 0.1) is 23.2 Å². The molecular weight excluding hydrogens is 306 g/mol. The van der Waals surface area contributed by atoms with Crippen LogP contribution in [0.25, 0.3) is 0 Å². The Bertz CT molecular complexity index is 568. The maximum atomic E-state index is 12.8. The van der Waals surface area contributed by atoms with E-state index in [9.17, 15) is 9.90 Å². The minimum absolute atomic E-state index is 0.118. The van der Waals surface area contributed by atoms with Crippen LogP contribution >= 0.6 is 0 Å². The Hall–Kier alpha value is -1.84. The predicted molar refractivity (Wildman–Crippen MR) is 89.9 cm³/mol. The number of aliphatic hydroxyl groups is 1. The summed E-state index contributed by atoms with van der Waals surface area (Å²) in [5.41, 5.74) is 0. The van der Waals surface area contributed by atoms with Gasteiger partial charge in [0, 0.05) is 19.7 Å². The number of nitriles is 1. The zero-order chi connectivity index (χ0) is 17.5. The normalized spacial score (nSPS) is 17.0. The van der Waals surface area contributed by atoms with Crippen molar-refractivity contribution in [1.82, 2.24) is 10.2 Å². The second kappa shape index (κ2) is 8.86. The third kappa shape index (κ3) is 5.08. The quantitative estimate of drug-likeness (QED) is 0.795. The molecule has 0 aliphatic carbocycles. The van der Waals surface area contributed by atoms with Crippen LogP contribution in [0.2, 0.25) is 0 Å². The number of carbonyl (C=O) groups is 1. The Morgan fingerprint density at radius 2 is 2.17 bits per heavy atom. The van der Waals surface area contributed by atoms with Gasteiger partial charge in [-0.3, -0.25) is 10.1 Å². The van der Waals surface area contributed by atoms with E-state index in [0.717, 1.165) is 19.3 Å². The number of nitrogens with one attached hydrogen (secondary N) is 1. The molecule has 0 aromatic carbocycles. The van der Waals surface area contributed by atoms with E-state index in [1.54, 1.807) is 12.1 Å². The van der Waals surface area contributed by atoms with E-state index in [1.807, 2.05) is 11.0 Å². The zero-order valence-corrected chi connectivity index (χ0v) is 14.5. The van der Waals surface area contributed by atoms with E-state index in [1.165, 1.54) is 0 Å². The maximum Gasteiger partial charge on any atom is 0.239 e. The van der Waals surface area contributed by atoms with Crippen molar-refractivity contribution in [2.24, 2.45) is 11.8 Å². The minimum atomic E-state index is -0.258. The van der Waals surface area contributed by atoms with Gasteiger partial charge in [0.15, 0.2) is 0 Å². The number of aliphatic hydroxyl groups excluding tert-OH is 1. The lowest BCUT2D eigenvalue weighted by molar-refractivity contribution is -0.135. The van der Waals surface area contributed by atoms with Crippen molar-refractivity contribution in [3.05, 3.63) is 23.7 Å². The number of hydrogen-bond donors (Lipinski definition) is 2. The molecule has 1 unspecified atom stereocenters. The highest BCUT2D eigenvalue weighted by atomic mass is 16.3. The van der Waals surface area contributed by atoms with Gasteiger partial charge in [0.1, 0.15) is 11.8 Å². The van der Waals surface area contributed by atoms with Crippen molar-refractivity contribution in [3.63, 3.8) is 0 Å². The van der Waals surface area contributed by atoms with Crippen LogP contribution in [-0.4, -0.2) is 41.7 Å². The number of likely N-dealkylation sites (tertiary alicyclic amines) is 1. The van der Waals surface area contributed by atoms with Gasteiger partial charge in [-0.05, 0) is 43.2 Å². The summed E-state index contributed by atoms with van der Waals surface area (Å²) in [6, 6.07) is 5.10. The smallest absolute Gasteiger partial charge is 0.239 e. The average molecular weight is 333 g/mol. The fourth-order valence-corrected chi connectivity index (χ4v) is 3.06. The van der Waals surface area contributed by atoms with Gasteiger partial charge in [0.05, 0.1) is 12.6 Å². The number of amides is 1. The molecule has 2 N–H and O–H groups in total. The first-order valence-electron chi connectivity index (χ1n) is 8.65. The average Bonchev–Trinajstić information content (AvgIpc) is 3.06. The molecule has 0 spiro atoms. The van der Waals surface area contributed by atoms with E-state index in [2.05, 4.69) is 19.2 Å². The molecular formula is C18H27N3O3. The lowest BCUT2D eigenvalue weighted by Crippen LogP contribution is -2.49. The summed E-state index contributed by atoms with van der Waals surface area (Å²) >= 11 is 0. The van der Waals surface area contributed by atoms with Crippen LogP contribution in [0.1, 0.15) is 44.6 Å². The molecule has 1 aromatic rings. The summed E-state index contributed by atoms with van der Waals surface area (Å²) < 4.78 is 5.37. The Labute approximate surface area is 143 Å². The first-order valence-corrected chi connectivity index (χ1v) is 8.65. The SMILES string of the molecule is CC(C)CC(NCc1ccc(C#N)o1)C(=O)N1CCC(CO)CC1. The summed E-state index contributed by atoms with van der Waals surface area (Å²) in [5, 5.41) is 21.3. The van der Waals surface area contributed by atoms with Crippen molar-refractivity contribution in [2.45, 2.75) is 45.7 Å². The van der Waals surface area contributed by atoms with E-state index in [4.69, 9.17) is 9.68 Å². The highest BCUT2D eigenvalue weighted by Gasteiger charge is 2.28. The number of piperidine rings is 1.